The Morgan fingerprint density at radius 3 is 2.55 bits per heavy atom. The second kappa shape index (κ2) is 7.74. The zero-order valence-corrected chi connectivity index (χ0v) is 10.9. The fraction of sp³-hybridized carbons (Fsp3) is 0.462. The van der Waals surface area contributed by atoms with E-state index in [9.17, 15) is 18.0 Å². The molecule has 0 unspecified atom stereocenters. The molecule has 0 saturated heterocycles. The van der Waals surface area contributed by atoms with E-state index in [1.807, 2.05) is 0 Å². The number of halogens is 3. The van der Waals surface area contributed by atoms with Crippen LogP contribution in [0, 0.1) is 0 Å². The molecule has 1 aromatic carbocycles. The molecule has 0 N–H and O–H groups in total. The lowest BCUT2D eigenvalue weighted by atomic mass is 10.2. The van der Waals surface area contributed by atoms with Gasteiger partial charge in [-0.15, -0.1) is 0 Å². The van der Waals surface area contributed by atoms with Gasteiger partial charge in [0.1, 0.15) is 12.9 Å². The highest BCUT2D eigenvalue weighted by atomic mass is 19.4. The lowest BCUT2D eigenvalue weighted by molar-refractivity contribution is -0.174. The molecule has 0 atom stereocenters. The summed E-state index contributed by atoms with van der Waals surface area (Å²) in [5.41, 5.74) is 0.447. The van der Waals surface area contributed by atoms with E-state index in [4.69, 9.17) is 9.47 Å². The number of ether oxygens (including phenoxy) is 3. The lowest BCUT2D eigenvalue weighted by Crippen LogP contribution is -2.18. The van der Waals surface area contributed by atoms with Gasteiger partial charge in [-0.2, -0.15) is 13.2 Å². The van der Waals surface area contributed by atoms with E-state index in [0.717, 1.165) is 0 Å². The van der Waals surface area contributed by atoms with Crippen LogP contribution in [0.3, 0.4) is 0 Å². The highest BCUT2D eigenvalue weighted by molar-refractivity contribution is 5.76. The van der Waals surface area contributed by atoms with E-state index in [0.29, 0.717) is 29.8 Å². The average molecular weight is 292 g/mol. The lowest BCUT2D eigenvalue weighted by Gasteiger charge is -2.11. The second-order valence-electron chi connectivity index (χ2n) is 3.90. The summed E-state index contributed by atoms with van der Waals surface area (Å²) < 4.78 is 50.2. The van der Waals surface area contributed by atoms with E-state index in [2.05, 4.69) is 4.74 Å². The van der Waals surface area contributed by atoms with Crippen molar-refractivity contribution in [1.82, 2.24) is 0 Å². The van der Waals surface area contributed by atoms with Crippen LogP contribution in [0.1, 0.15) is 16.8 Å². The summed E-state index contributed by atoms with van der Waals surface area (Å²) in [5, 5.41) is 0. The van der Waals surface area contributed by atoms with E-state index in [1.165, 1.54) is 13.2 Å². The first-order valence-corrected chi connectivity index (χ1v) is 5.87. The van der Waals surface area contributed by atoms with Gasteiger partial charge in [-0.25, -0.2) is 0 Å². The van der Waals surface area contributed by atoms with Gasteiger partial charge in [0.2, 0.25) is 0 Å². The normalized spacial score (nSPS) is 11.2. The van der Waals surface area contributed by atoms with Crippen LogP contribution < -0.4 is 9.47 Å². The molecule has 20 heavy (non-hydrogen) atoms. The molecule has 112 valence electrons. The van der Waals surface area contributed by atoms with Gasteiger partial charge in [-0.3, -0.25) is 4.79 Å². The van der Waals surface area contributed by atoms with Crippen molar-refractivity contribution >= 4 is 6.29 Å². The summed E-state index contributed by atoms with van der Waals surface area (Å²) in [6, 6.07) is 4.65. The molecular formula is C13H15F3O4. The summed E-state index contributed by atoms with van der Waals surface area (Å²) in [7, 11) is 1.43. The minimum absolute atomic E-state index is 0.0474. The quantitative estimate of drug-likeness (QED) is 0.546. The third-order valence-electron chi connectivity index (χ3n) is 2.28. The van der Waals surface area contributed by atoms with Crippen molar-refractivity contribution < 1.29 is 32.2 Å². The van der Waals surface area contributed by atoms with E-state index in [-0.39, 0.29) is 13.2 Å². The van der Waals surface area contributed by atoms with Crippen molar-refractivity contribution in [2.24, 2.45) is 0 Å². The molecule has 0 spiro atoms. The molecule has 0 aromatic heterocycles. The third kappa shape index (κ3) is 5.92. The van der Waals surface area contributed by atoms with Crippen molar-refractivity contribution in [1.29, 1.82) is 0 Å². The Hall–Kier alpha value is -1.76. The first-order valence-electron chi connectivity index (χ1n) is 5.87. The van der Waals surface area contributed by atoms with Gasteiger partial charge >= 0.3 is 6.18 Å². The number of methoxy groups -OCH3 is 1. The summed E-state index contributed by atoms with van der Waals surface area (Å²) >= 11 is 0. The SMILES string of the molecule is COc1cc(C=O)ccc1OCCCOCC(F)(F)F. The number of carbonyl (C=O) groups is 1. The number of alkyl halides is 3. The largest absolute Gasteiger partial charge is 0.493 e. The standard InChI is InChI=1S/C13H15F3O4/c1-18-12-7-10(8-17)3-4-11(12)20-6-2-5-19-9-13(14,15)16/h3-4,7-8H,2,5-6,9H2,1H3. The van der Waals surface area contributed by atoms with Gasteiger partial charge in [0.25, 0.3) is 0 Å². The number of benzene rings is 1. The predicted molar refractivity (Wildman–Crippen MR) is 65.4 cm³/mol. The minimum atomic E-state index is -4.31. The summed E-state index contributed by atoms with van der Waals surface area (Å²) in [5.74, 6) is 0.819. The maximum absolute atomic E-state index is 11.8. The highest BCUT2D eigenvalue weighted by Gasteiger charge is 2.27. The summed E-state index contributed by atoms with van der Waals surface area (Å²) in [6.45, 7) is -1.12. The number of hydrogen-bond donors (Lipinski definition) is 0. The smallest absolute Gasteiger partial charge is 0.411 e. The van der Waals surface area contributed by atoms with Crippen molar-refractivity contribution in [3.8, 4) is 11.5 Å². The maximum atomic E-state index is 11.8. The van der Waals surface area contributed by atoms with Gasteiger partial charge in [0, 0.05) is 12.0 Å². The van der Waals surface area contributed by atoms with Crippen LogP contribution in [0.4, 0.5) is 13.2 Å². The first kappa shape index (κ1) is 16.3. The van der Waals surface area contributed by atoms with Gasteiger partial charge in [0.15, 0.2) is 11.5 Å². The van der Waals surface area contributed by atoms with E-state index >= 15 is 0 Å². The van der Waals surface area contributed by atoms with E-state index in [1.54, 1.807) is 12.1 Å². The number of aldehydes is 1. The second-order valence-corrected chi connectivity index (χ2v) is 3.90. The summed E-state index contributed by atoms with van der Waals surface area (Å²) in [6.07, 6.45) is -3.32. The Balaban J connectivity index is 2.33. The van der Waals surface area contributed by atoms with Crippen LogP contribution in [0.5, 0.6) is 11.5 Å². The molecule has 0 bridgehead atoms. The summed E-state index contributed by atoms with van der Waals surface area (Å²) in [4.78, 5) is 10.6. The van der Waals surface area contributed by atoms with Crippen LogP contribution in [0.15, 0.2) is 18.2 Å². The number of rotatable bonds is 8. The van der Waals surface area contributed by atoms with Crippen molar-refractivity contribution in [3.63, 3.8) is 0 Å². The van der Waals surface area contributed by atoms with Crippen LogP contribution in [-0.2, 0) is 4.74 Å². The molecular weight excluding hydrogens is 277 g/mol. The third-order valence-corrected chi connectivity index (χ3v) is 2.28. The highest BCUT2D eigenvalue weighted by Crippen LogP contribution is 2.27. The topological polar surface area (TPSA) is 44.8 Å². The fourth-order valence-corrected chi connectivity index (χ4v) is 1.41. The molecule has 0 saturated carbocycles. The molecule has 0 fully saturated rings. The fourth-order valence-electron chi connectivity index (χ4n) is 1.41. The van der Waals surface area contributed by atoms with Crippen LogP contribution in [-0.4, -0.2) is 39.4 Å². The minimum Gasteiger partial charge on any atom is -0.493 e. The molecule has 0 aliphatic rings. The van der Waals surface area contributed by atoms with Crippen LogP contribution in [0.25, 0.3) is 0 Å². The maximum Gasteiger partial charge on any atom is 0.411 e. The number of carbonyl (C=O) groups excluding carboxylic acids is 1. The molecule has 1 aromatic rings. The van der Waals surface area contributed by atoms with E-state index < -0.39 is 12.8 Å². The van der Waals surface area contributed by atoms with Crippen molar-refractivity contribution in [3.05, 3.63) is 23.8 Å². The molecule has 0 heterocycles. The number of hydrogen-bond acceptors (Lipinski definition) is 4. The molecule has 1 rings (SSSR count). The Labute approximate surface area is 114 Å². The van der Waals surface area contributed by atoms with Crippen molar-refractivity contribution in [2.45, 2.75) is 12.6 Å². The molecule has 7 heteroatoms. The average Bonchev–Trinajstić information content (AvgIpc) is 2.41. The van der Waals surface area contributed by atoms with Crippen molar-refractivity contribution in [2.75, 3.05) is 26.9 Å². The molecule has 0 aliphatic heterocycles. The molecule has 0 radical (unpaired) electrons. The molecule has 0 amide bonds. The zero-order valence-electron chi connectivity index (χ0n) is 10.9. The Bertz CT molecular complexity index is 432. The molecule has 4 nitrogen and oxygen atoms in total. The Morgan fingerprint density at radius 2 is 1.95 bits per heavy atom. The van der Waals surface area contributed by atoms with Crippen LogP contribution >= 0.6 is 0 Å². The Morgan fingerprint density at radius 1 is 1.20 bits per heavy atom. The predicted octanol–water partition coefficient (Wildman–Crippen LogP) is 2.86. The van der Waals surface area contributed by atoms with Gasteiger partial charge in [-0.05, 0) is 18.2 Å². The van der Waals surface area contributed by atoms with Gasteiger partial charge in [-0.1, -0.05) is 0 Å². The first-order chi connectivity index (χ1) is 9.46. The molecule has 0 aliphatic carbocycles. The van der Waals surface area contributed by atoms with Gasteiger partial charge in [0.05, 0.1) is 20.3 Å². The zero-order chi connectivity index (χ0) is 15.0. The van der Waals surface area contributed by atoms with Crippen LogP contribution in [0.2, 0.25) is 0 Å². The Kier molecular flexibility index (Phi) is 6.30. The monoisotopic (exact) mass is 292 g/mol. The van der Waals surface area contributed by atoms with Gasteiger partial charge < -0.3 is 14.2 Å².